The van der Waals surface area contributed by atoms with E-state index in [1.54, 1.807) is 19.4 Å². The number of benzene rings is 1. The fraction of sp³-hybridized carbons (Fsp3) is 0.235. The monoisotopic (exact) mass is 335 g/mol. The van der Waals surface area contributed by atoms with E-state index >= 15 is 0 Å². The van der Waals surface area contributed by atoms with Crippen LogP contribution < -0.4 is 10.6 Å². The van der Waals surface area contributed by atoms with E-state index in [9.17, 15) is 13.2 Å². The smallest absolute Gasteiger partial charge is 0.416 e. The predicted octanol–water partition coefficient (Wildman–Crippen LogP) is 3.02. The molecule has 2 aromatic rings. The van der Waals surface area contributed by atoms with Crippen molar-refractivity contribution < 1.29 is 17.6 Å². The van der Waals surface area contributed by atoms with Crippen molar-refractivity contribution in [2.75, 3.05) is 13.6 Å². The third-order valence-electron chi connectivity index (χ3n) is 3.02. The highest BCUT2D eigenvalue weighted by molar-refractivity contribution is 5.79. The van der Waals surface area contributed by atoms with Gasteiger partial charge in [-0.3, -0.25) is 4.99 Å². The molecule has 1 aromatic heterocycles. The lowest BCUT2D eigenvalue weighted by Gasteiger charge is -2.08. The summed E-state index contributed by atoms with van der Waals surface area (Å²) in [7, 11) is 1.63. The zero-order valence-electron chi connectivity index (χ0n) is 12.9. The van der Waals surface area contributed by atoms with Gasteiger partial charge in [-0.15, -0.1) is 0 Å². The number of hydrogen-bond donors (Lipinski definition) is 2. The summed E-state index contributed by atoms with van der Waals surface area (Å²) in [6.45, 7) is 0.790. The minimum Gasteiger partial charge on any atom is -0.467 e. The van der Waals surface area contributed by atoms with Crippen molar-refractivity contribution in [3.63, 3.8) is 0 Å². The molecule has 0 bridgehead atoms. The van der Waals surface area contributed by atoms with E-state index in [0.29, 0.717) is 24.6 Å². The molecule has 0 amide bonds. The Morgan fingerprint density at radius 2 is 1.92 bits per heavy atom. The highest BCUT2D eigenvalue weighted by atomic mass is 19.4. The van der Waals surface area contributed by atoms with Crippen LogP contribution in [-0.4, -0.2) is 19.6 Å². The van der Waals surface area contributed by atoms with Crippen LogP contribution in [0.1, 0.15) is 16.9 Å². The Bertz CT molecular complexity index is 723. The van der Waals surface area contributed by atoms with Gasteiger partial charge in [0.2, 0.25) is 0 Å². The van der Waals surface area contributed by atoms with Gasteiger partial charge in [-0.05, 0) is 36.4 Å². The summed E-state index contributed by atoms with van der Waals surface area (Å²) in [5.41, 5.74) is -0.169. The summed E-state index contributed by atoms with van der Waals surface area (Å²) in [5, 5.41) is 6.03. The predicted molar refractivity (Wildman–Crippen MR) is 85.2 cm³/mol. The van der Waals surface area contributed by atoms with Crippen LogP contribution >= 0.6 is 0 Å². The van der Waals surface area contributed by atoms with Gasteiger partial charge in [-0.25, -0.2) is 0 Å². The van der Waals surface area contributed by atoms with Gasteiger partial charge >= 0.3 is 6.18 Å². The molecule has 0 radical (unpaired) electrons. The Hall–Kier alpha value is -2.88. The lowest BCUT2D eigenvalue weighted by molar-refractivity contribution is -0.137. The molecular formula is C17H16F3N3O. The zero-order valence-corrected chi connectivity index (χ0v) is 12.9. The number of furan rings is 1. The van der Waals surface area contributed by atoms with Gasteiger partial charge in [0, 0.05) is 12.6 Å². The second-order valence-electron chi connectivity index (χ2n) is 4.74. The molecule has 0 unspecified atom stereocenters. The highest BCUT2D eigenvalue weighted by Gasteiger charge is 2.29. The Balaban J connectivity index is 1.81. The van der Waals surface area contributed by atoms with Crippen LogP contribution in [0.3, 0.4) is 0 Å². The maximum Gasteiger partial charge on any atom is 0.416 e. The number of nitrogens with one attached hydrogen (secondary N) is 2. The highest BCUT2D eigenvalue weighted by Crippen LogP contribution is 2.28. The van der Waals surface area contributed by atoms with Gasteiger partial charge in [-0.1, -0.05) is 11.8 Å². The summed E-state index contributed by atoms with van der Waals surface area (Å²) in [4.78, 5) is 4.03. The average Bonchev–Trinajstić information content (AvgIpc) is 3.07. The third kappa shape index (κ3) is 5.39. The topological polar surface area (TPSA) is 49.6 Å². The van der Waals surface area contributed by atoms with Crippen molar-refractivity contribution in [2.24, 2.45) is 4.99 Å². The van der Waals surface area contributed by atoms with Gasteiger partial charge in [0.15, 0.2) is 5.96 Å². The maximum absolute atomic E-state index is 12.5. The van der Waals surface area contributed by atoms with Gasteiger partial charge in [0.25, 0.3) is 0 Å². The number of rotatable bonds is 3. The van der Waals surface area contributed by atoms with E-state index in [4.69, 9.17) is 4.42 Å². The molecule has 0 aliphatic carbocycles. The molecule has 1 heterocycles. The number of alkyl halides is 3. The Morgan fingerprint density at radius 3 is 2.50 bits per heavy atom. The zero-order chi connectivity index (χ0) is 17.4. The average molecular weight is 335 g/mol. The molecule has 1 aromatic carbocycles. The van der Waals surface area contributed by atoms with E-state index in [-0.39, 0.29) is 0 Å². The van der Waals surface area contributed by atoms with E-state index in [0.717, 1.165) is 17.9 Å². The van der Waals surface area contributed by atoms with Crippen molar-refractivity contribution >= 4 is 5.96 Å². The van der Waals surface area contributed by atoms with Crippen LogP contribution in [0.2, 0.25) is 0 Å². The molecule has 4 nitrogen and oxygen atoms in total. The van der Waals surface area contributed by atoms with Crippen molar-refractivity contribution in [3.05, 3.63) is 59.5 Å². The Labute approximate surface area is 137 Å². The van der Waals surface area contributed by atoms with E-state index in [2.05, 4.69) is 27.5 Å². The van der Waals surface area contributed by atoms with Gasteiger partial charge in [0.1, 0.15) is 5.76 Å². The van der Waals surface area contributed by atoms with Crippen molar-refractivity contribution in [1.82, 2.24) is 10.6 Å². The molecule has 0 saturated heterocycles. The van der Waals surface area contributed by atoms with Crippen LogP contribution in [0.5, 0.6) is 0 Å². The van der Waals surface area contributed by atoms with Crippen molar-refractivity contribution in [3.8, 4) is 11.8 Å². The lowest BCUT2D eigenvalue weighted by atomic mass is 10.1. The summed E-state index contributed by atoms with van der Waals surface area (Å²) in [5.74, 6) is 6.94. The molecule has 2 N–H and O–H groups in total. The molecule has 2 rings (SSSR count). The number of aliphatic imine (C=N–C) groups is 1. The first-order valence-corrected chi connectivity index (χ1v) is 7.12. The van der Waals surface area contributed by atoms with Crippen LogP contribution in [-0.2, 0) is 12.7 Å². The quantitative estimate of drug-likeness (QED) is 0.515. The Kier molecular flexibility index (Phi) is 5.90. The van der Waals surface area contributed by atoms with Crippen molar-refractivity contribution in [1.29, 1.82) is 0 Å². The molecular weight excluding hydrogens is 319 g/mol. The standard InChI is InChI=1S/C17H16F3N3O/c1-21-16(23-12-15-5-3-11-24-15)22-10-2-4-13-6-8-14(9-7-13)17(18,19)20/h3,5-9,11H,10,12H2,1H3,(H2,21,22,23). The number of hydrogen-bond acceptors (Lipinski definition) is 2. The summed E-state index contributed by atoms with van der Waals surface area (Å²) in [6.07, 6.45) is -2.75. The normalized spacial score (nSPS) is 11.6. The van der Waals surface area contributed by atoms with Crippen LogP contribution in [0.4, 0.5) is 13.2 Å². The van der Waals surface area contributed by atoms with Crippen LogP contribution in [0, 0.1) is 11.8 Å². The maximum atomic E-state index is 12.5. The molecule has 126 valence electrons. The molecule has 0 fully saturated rings. The second-order valence-corrected chi connectivity index (χ2v) is 4.74. The molecule has 0 saturated carbocycles. The third-order valence-corrected chi connectivity index (χ3v) is 3.02. The number of nitrogens with zero attached hydrogens (tertiary/aromatic N) is 1. The summed E-state index contributed by atoms with van der Waals surface area (Å²) >= 11 is 0. The van der Waals surface area contributed by atoms with Gasteiger partial charge in [0.05, 0.1) is 24.9 Å². The first-order valence-electron chi connectivity index (χ1n) is 7.12. The van der Waals surface area contributed by atoms with Gasteiger partial charge in [-0.2, -0.15) is 13.2 Å². The molecule has 24 heavy (non-hydrogen) atoms. The Morgan fingerprint density at radius 1 is 1.17 bits per heavy atom. The SMILES string of the molecule is CN=C(NCC#Cc1ccc(C(F)(F)F)cc1)NCc1ccco1. The molecule has 0 aliphatic heterocycles. The minimum absolute atomic E-state index is 0.304. The molecule has 0 atom stereocenters. The molecule has 0 spiro atoms. The van der Waals surface area contributed by atoms with Crippen LogP contribution in [0.15, 0.2) is 52.1 Å². The fourth-order valence-corrected chi connectivity index (χ4v) is 1.82. The van der Waals surface area contributed by atoms with E-state index in [1.165, 1.54) is 12.1 Å². The largest absolute Gasteiger partial charge is 0.467 e. The first kappa shape index (κ1) is 17.5. The number of halogens is 3. The van der Waals surface area contributed by atoms with E-state index < -0.39 is 11.7 Å². The molecule has 7 heteroatoms. The van der Waals surface area contributed by atoms with Crippen LogP contribution in [0.25, 0.3) is 0 Å². The minimum atomic E-state index is -4.33. The molecule has 0 aliphatic rings. The van der Waals surface area contributed by atoms with E-state index in [1.807, 2.05) is 6.07 Å². The lowest BCUT2D eigenvalue weighted by Crippen LogP contribution is -2.36. The van der Waals surface area contributed by atoms with Crippen molar-refractivity contribution in [2.45, 2.75) is 12.7 Å². The first-order chi connectivity index (χ1) is 11.5. The van der Waals surface area contributed by atoms with Gasteiger partial charge < -0.3 is 15.1 Å². The second kappa shape index (κ2) is 8.11. The summed E-state index contributed by atoms with van der Waals surface area (Å²) < 4.78 is 42.6. The fourth-order valence-electron chi connectivity index (χ4n) is 1.82. The number of guanidine groups is 1. The summed E-state index contributed by atoms with van der Waals surface area (Å²) in [6, 6.07) is 8.36.